The highest BCUT2D eigenvalue weighted by Crippen LogP contribution is 2.28. The molecule has 1 heterocycles. The highest BCUT2D eigenvalue weighted by molar-refractivity contribution is 5.15. The smallest absolute Gasteiger partial charge is 0.189 e. The van der Waals surface area contributed by atoms with E-state index in [2.05, 4.69) is 12.1 Å². The highest BCUT2D eigenvalue weighted by atomic mass is 16.7. The minimum atomic E-state index is -0.796. The van der Waals surface area contributed by atoms with Crippen molar-refractivity contribution in [2.24, 2.45) is 0 Å². The molecule has 1 atom stereocenters. The Hall–Kier alpha value is -0.860. The molecule has 0 amide bonds. The predicted molar refractivity (Wildman–Crippen MR) is 45.7 cm³/mol. The third-order valence-electron chi connectivity index (χ3n) is 2.12. The van der Waals surface area contributed by atoms with E-state index in [0.717, 1.165) is 6.42 Å². The number of epoxide rings is 1. The molecule has 2 rings (SSSR count). The summed E-state index contributed by atoms with van der Waals surface area (Å²) in [4.78, 5) is 0. The molecular weight excluding hydrogens is 152 g/mol. The summed E-state index contributed by atoms with van der Waals surface area (Å²) in [5.74, 6) is -0.796. The van der Waals surface area contributed by atoms with E-state index in [1.165, 1.54) is 5.56 Å². The Balaban J connectivity index is 1.88. The zero-order valence-electron chi connectivity index (χ0n) is 6.86. The van der Waals surface area contributed by atoms with Crippen molar-refractivity contribution in [1.82, 2.24) is 0 Å². The van der Waals surface area contributed by atoms with Crippen molar-refractivity contribution in [3.63, 3.8) is 0 Å². The van der Waals surface area contributed by atoms with Crippen LogP contribution in [0.4, 0.5) is 0 Å². The van der Waals surface area contributed by atoms with Gasteiger partial charge in [-0.1, -0.05) is 30.3 Å². The van der Waals surface area contributed by atoms with Gasteiger partial charge in [0.1, 0.15) is 6.61 Å². The van der Waals surface area contributed by atoms with Crippen molar-refractivity contribution in [2.75, 3.05) is 6.61 Å². The molecule has 1 aliphatic rings. The van der Waals surface area contributed by atoms with Gasteiger partial charge >= 0.3 is 0 Å². The Morgan fingerprint density at radius 3 is 2.58 bits per heavy atom. The standard InChI is InChI=1S/C10H12O2/c11-10(8-12-10)7-6-9-4-2-1-3-5-9/h1-5,11H,6-8H2. The van der Waals surface area contributed by atoms with E-state index in [9.17, 15) is 5.11 Å². The van der Waals surface area contributed by atoms with Crippen LogP contribution in [0.3, 0.4) is 0 Å². The van der Waals surface area contributed by atoms with Crippen LogP contribution in [0.15, 0.2) is 30.3 Å². The Bertz CT molecular complexity index is 252. The quantitative estimate of drug-likeness (QED) is 0.684. The molecule has 1 saturated heterocycles. The molecule has 1 aromatic carbocycles. The van der Waals surface area contributed by atoms with Crippen LogP contribution < -0.4 is 0 Å². The van der Waals surface area contributed by atoms with Gasteiger partial charge in [-0.05, 0) is 12.0 Å². The molecule has 0 bridgehead atoms. The summed E-state index contributed by atoms with van der Waals surface area (Å²) in [6.45, 7) is 0.500. The first-order chi connectivity index (χ1) is 5.79. The lowest BCUT2D eigenvalue weighted by atomic mass is 10.1. The molecule has 12 heavy (non-hydrogen) atoms. The van der Waals surface area contributed by atoms with Gasteiger partial charge in [-0.15, -0.1) is 0 Å². The van der Waals surface area contributed by atoms with Gasteiger partial charge in [-0.3, -0.25) is 0 Å². The summed E-state index contributed by atoms with van der Waals surface area (Å²) >= 11 is 0. The summed E-state index contributed by atoms with van der Waals surface area (Å²) in [7, 11) is 0. The second-order valence-electron chi connectivity index (χ2n) is 3.22. The fourth-order valence-corrected chi connectivity index (χ4v) is 1.21. The van der Waals surface area contributed by atoms with Crippen molar-refractivity contribution in [3.05, 3.63) is 35.9 Å². The van der Waals surface area contributed by atoms with Crippen LogP contribution in [-0.4, -0.2) is 17.5 Å². The maximum Gasteiger partial charge on any atom is 0.189 e. The van der Waals surface area contributed by atoms with E-state index in [0.29, 0.717) is 13.0 Å². The van der Waals surface area contributed by atoms with E-state index in [1.54, 1.807) is 0 Å². The molecule has 1 unspecified atom stereocenters. The number of benzene rings is 1. The van der Waals surface area contributed by atoms with Gasteiger partial charge in [0, 0.05) is 6.42 Å². The van der Waals surface area contributed by atoms with Gasteiger partial charge in [-0.2, -0.15) is 0 Å². The van der Waals surface area contributed by atoms with Crippen LogP contribution in [0.2, 0.25) is 0 Å². The summed E-state index contributed by atoms with van der Waals surface area (Å²) < 4.78 is 4.87. The number of rotatable bonds is 3. The Labute approximate surface area is 71.8 Å². The minimum absolute atomic E-state index is 0.500. The van der Waals surface area contributed by atoms with Crippen LogP contribution in [0.25, 0.3) is 0 Å². The molecule has 0 radical (unpaired) electrons. The molecule has 2 nitrogen and oxygen atoms in total. The molecule has 2 heteroatoms. The lowest BCUT2D eigenvalue weighted by molar-refractivity contribution is 0.0292. The maximum atomic E-state index is 9.37. The van der Waals surface area contributed by atoms with Crippen LogP contribution in [0.5, 0.6) is 0 Å². The van der Waals surface area contributed by atoms with Crippen LogP contribution in [-0.2, 0) is 11.2 Å². The second-order valence-corrected chi connectivity index (χ2v) is 3.22. The Morgan fingerprint density at radius 1 is 1.33 bits per heavy atom. The van der Waals surface area contributed by atoms with E-state index >= 15 is 0 Å². The molecule has 0 aliphatic carbocycles. The number of hydrogen-bond acceptors (Lipinski definition) is 2. The van der Waals surface area contributed by atoms with E-state index in [-0.39, 0.29) is 0 Å². The monoisotopic (exact) mass is 164 g/mol. The lowest BCUT2D eigenvalue weighted by Crippen LogP contribution is -2.09. The van der Waals surface area contributed by atoms with Crippen molar-refractivity contribution in [3.8, 4) is 0 Å². The summed E-state index contributed by atoms with van der Waals surface area (Å²) in [6, 6.07) is 10.1. The van der Waals surface area contributed by atoms with Crippen molar-refractivity contribution in [2.45, 2.75) is 18.6 Å². The first-order valence-corrected chi connectivity index (χ1v) is 4.19. The Kier molecular flexibility index (Phi) is 1.87. The highest BCUT2D eigenvalue weighted by Gasteiger charge is 2.41. The molecular formula is C10H12O2. The van der Waals surface area contributed by atoms with Crippen LogP contribution in [0, 0.1) is 0 Å². The third kappa shape index (κ3) is 1.84. The third-order valence-corrected chi connectivity index (χ3v) is 2.12. The predicted octanol–water partition coefficient (Wildman–Crippen LogP) is 1.34. The van der Waals surface area contributed by atoms with Gasteiger partial charge in [0.25, 0.3) is 0 Å². The zero-order chi connectivity index (χ0) is 8.44. The van der Waals surface area contributed by atoms with Gasteiger partial charge in [0.05, 0.1) is 0 Å². The number of aryl methyl sites for hydroxylation is 1. The molecule has 1 N–H and O–H groups in total. The topological polar surface area (TPSA) is 32.8 Å². The average Bonchev–Trinajstić information content (AvgIpc) is 2.84. The molecule has 1 aromatic rings. The number of aliphatic hydroxyl groups is 1. The van der Waals surface area contributed by atoms with Crippen LogP contribution in [0.1, 0.15) is 12.0 Å². The van der Waals surface area contributed by atoms with Gasteiger partial charge in [0.15, 0.2) is 5.79 Å². The fraction of sp³-hybridized carbons (Fsp3) is 0.400. The molecule has 1 fully saturated rings. The Morgan fingerprint density at radius 2 is 2.00 bits per heavy atom. The summed E-state index contributed by atoms with van der Waals surface area (Å²) in [6.07, 6.45) is 1.59. The maximum absolute atomic E-state index is 9.37. The van der Waals surface area contributed by atoms with E-state index in [1.807, 2.05) is 18.2 Å². The second kappa shape index (κ2) is 2.88. The number of ether oxygens (including phenoxy) is 1. The molecule has 1 aliphatic heterocycles. The van der Waals surface area contributed by atoms with Crippen LogP contribution >= 0.6 is 0 Å². The fourth-order valence-electron chi connectivity index (χ4n) is 1.21. The van der Waals surface area contributed by atoms with E-state index in [4.69, 9.17) is 4.74 Å². The lowest BCUT2D eigenvalue weighted by Gasteiger charge is -2.03. The molecule has 0 saturated carbocycles. The first-order valence-electron chi connectivity index (χ1n) is 4.19. The first kappa shape index (κ1) is 7.77. The normalized spacial score (nSPS) is 27.1. The van der Waals surface area contributed by atoms with Crippen molar-refractivity contribution < 1.29 is 9.84 Å². The summed E-state index contributed by atoms with van der Waals surface area (Å²) in [5.41, 5.74) is 1.25. The molecule has 0 spiro atoms. The summed E-state index contributed by atoms with van der Waals surface area (Å²) in [5, 5.41) is 9.37. The minimum Gasteiger partial charge on any atom is -0.364 e. The van der Waals surface area contributed by atoms with Gasteiger partial charge < -0.3 is 9.84 Å². The van der Waals surface area contributed by atoms with E-state index < -0.39 is 5.79 Å². The largest absolute Gasteiger partial charge is 0.364 e. The SMILES string of the molecule is OC1(CCc2ccccc2)CO1. The van der Waals surface area contributed by atoms with Gasteiger partial charge in [-0.25, -0.2) is 0 Å². The zero-order valence-corrected chi connectivity index (χ0v) is 6.86. The van der Waals surface area contributed by atoms with Crippen molar-refractivity contribution in [1.29, 1.82) is 0 Å². The number of hydrogen-bond donors (Lipinski definition) is 1. The molecule has 0 aromatic heterocycles. The molecule has 64 valence electrons. The van der Waals surface area contributed by atoms with Crippen molar-refractivity contribution >= 4 is 0 Å². The van der Waals surface area contributed by atoms with Gasteiger partial charge in [0.2, 0.25) is 0 Å². The average molecular weight is 164 g/mol.